The second-order valence-electron chi connectivity index (χ2n) is 3.41. The van der Waals surface area contributed by atoms with Crippen LogP contribution in [-0.4, -0.2) is 9.91 Å². The summed E-state index contributed by atoms with van der Waals surface area (Å²) >= 11 is 0. The molecule has 1 aromatic heterocycles. The third kappa shape index (κ3) is 2.25. The minimum absolute atomic E-state index is 0.0507. The molecule has 88 valence electrons. The van der Waals surface area contributed by atoms with Gasteiger partial charge < -0.3 is 5.32 Å². The average molecular weight is 240 g/mol. The van der Waals surface area contributed by atoms with E-state index in [0.29, 0.717) is 11.4 Å². The fourth-order valence-corrected chi connectivity index (χ4v) is 1.48. The lowest BCUT2D eigenvalue weighted by molar-refractivity contribution is -0.383. The molecule has 0 aliphatic rings. The van der Waals surface area contributed by atoms with Crippen molar-refractivity contribution in [2.45, 2.75) is 0 Å². The summed E-state index contributed by atoms with van der Waals surface area (Å²) in [6.45, 7) is 0. The number of nitro benzene ring substituents is 1. The molecule has 6 heteroatoms. The van der Waals surface area contributed by atoms with Gasteiger partial charge in [-0.1, -0.05) is 12.1 Å². The number of rotatable bonds is 3. The molecule has 1 heterocycles. The number of nitro groups is 1. The highest BCUT2D eigenvalue weighted by atomic mass is 16.6. The molecule has 0 fully saturated rings. The zero-order chi connectivity index (χ0) is 13.0. The van der Waals surface area contributed by atoms with Crippen LogP contribution in [-0.2, 0) is 0 Å². The van der Waals surface area contributed by atoms with Gasteiger partial charge >= 0.3 is 0 Å². The number of nitrogens with zero attached hydrogens (tertiary/aromatic N) is 3. The number of hydrogen-bond donors (Lipinski definition) is 1. The molecule has 0 unspecified atom stereocenters. The summed E-state index contributed by atoms with van der Waals surface area (Å²) in [4.78, 5) is 14.2. The predicted molar refractivity (Wildman–Crippen MR) is 65.3 cm³/mol. The second kappa shape index (κ2) is 4.93. The van der Waals surface area contributed by atoms with E-state index in [0.717, 1.165) is 0 Å². The first-order valence-electron chi connectivity index (χ1n) is 5.08. The third-order valence-corrected chi connectivity index (χ3v) is 2.28. The van der Waals surface area contributed by atoms with Crippen LogP contribution in [0.5, 0.6) is 0 Å². The van der Waals surface area contributed by atoms with Gasteiger partial charge in [-0.05, 0) is 18.2 Å². The van der Waals surface area contributed by atoms with Crippen LogP contribution in [0.15, 0.2) is 42.6 Å². The van der Waals surface area contributed by atoms with Gasteiger partial charge in [0, 0.05) is 12.3 Å². The maximum absolute atomic E-state index is 10.9. The Kier molecular flexibility index (Phi) is 3.16. The lowest BCUT2D eigenvalue weighted by atomic mass is 10.2. The summed E-state index contributed by atoms with van der Waals surface area (Å²) in [5.74, 6) is 0. The van der Waals surface area contributed by atoms with Crippen LogP contribution in [0.4, 0.5) is 17.1 Å². The molecule has 0 bridgehead atoms. The zero-order valence-electron chi connectivity index (χ0n) is 9.20. The maximum atomic E-state index is 10.9. The Morgan fingerprint density at radius 2 is 1.94 bits per heavy atom. The summed E-state index contributed by atoms with van der Waals surface area (Å²) in [7, 11) is 0. The molecule has 2 rings (SSSR count). The van der Waals surface area contributed by atoms with Crippen LogP contribution in [0, 0.1) is 21.4 Å². The highest BCUT2D eigenvalue weighted by Crippen LogP contribution is 2.27. The fraction of sp³-hybridized carbons (Fsp3) is 0. The first-order valence-corrected chi connectivity index (χ1v) is 5.08. The molecule has 0 saturated carbocycles. The molecule has 1 N–H and O–H groups in total. The normalized spacial score (nSPS) is 9.50. The van der Waals surface area contributed by atoms with Crippen molar-refractivity contribution in [3.8, 4) is 6.07 Å². The monoisotopic (exact) mass is 240 g/mol. The van der Waals surface area contributed by atoms with E-state index >= 15 is 0 Å². The Morgan fingerprint density at radius 3 is 2.67 bits per heavy atom. The van der Waals surface area contributed by atoms with Gasteiger partial charge in [-0.2, -0.15) is 5.26 Å². The predicted octanol–water partition coefficient (Wildman–Crippen LogP) is 2.61. The van der Waals surface area contributed by atoms with Crippen molar-refractivity contribution in [2.24, 2.45) is 0 Å². The second-order valence-corrected chi connectivity index (χ2v) is 3.41. The van der Waals surface area contributed by atoms with Crippen molar-refractivity contribution in [3.05, 3.63) is 58.4 Å². The largest absolute Gasteiger partial charge is 0.348 e. The highest BCUT2D eigenvalue weighted by molar-refractivity contribution is 5.71. The number of aromatic nitrogens is 1. The summed E-state index contributed by atoms with van der Waals surface area (Å²) in [5, 5.41) is 22.6. The van der Waals surface area contributed by atoms with Gasteiger partial charge in [-0.25, -0.2) is 4.98 Å². The highest BCUT2D eigenvalue weighted by Gasteiger charge is 2.13. The Bertz CT molecular complexity index is 634. The SMILES string of the molecule is N#Cc1ncccc1Nc1ccccc1[N+](=O)[O-]. The third-order valence-electron chi connectivity index (χ3n) is 2.28. The number of hydrogen-bond acceptors (Lipinski definition) is 5. The standard InChI is InChI=1S/C12H8N4O2/c13-8-11-9(5-3-7-14-11)15-10-4-1-2-6-12(10)16(17)18/h1-7,15H. The first kappa shape index (κ1) is 11.5. The first-order chi connectivity index (χ1) is 8.72. The Morgan fingerprint density at radius 1 is 1.22 bits per heavy atom. The van der Waals surface area contributed by atoms with E-state index in [1.54, 1.807) is 30.3 Å². The summed E-state index contributed by atoms with van der Waals surface area (Å²) < 4.78 is 0. The number of nitrogens with one attached hydrogen (secondary N) is 1. The molecule has 0 spiro atoms. The number of pyridine rings is 1. The van der Waals surface area contributed by atoms with Gasteiger partial charge in [0.05, 0.1) is 10.6 Å². The topological polar surface area (TPSA) is 91.8 Å². The number of benzene rings is 1. The number of nitriles is 1. The van der Waals surface area contributed by atoms with Crippen molar-refractivity contribution in [1.82, 2.24) is 4.98 Å². The fourth-order valence-electron chi connectivity index (χ4n) is 1.48. The Balaban J connectivity index is 2.41. The van der Waals surface area contributed by atoms with E-state index in [-0.39, 0.29) is 11.4 Å². The van der Waals surface area contributed by atoms with E-state index in [2.05, 4.69) is 10.3 Å². The summed E-state index contributed by atoms with van der Waals surface area (Å²) in [6, 6.07) is 11.4. The van der Waals surface area contributed by atoms with Crippen molar-refractivity contribution in [3.63, 3.8) is 0 Å². The van der Waals surface area contributed by atoms with E-state index < -0.39 is 4.92 Å². The molecular weight excluding hydrogens is 232 g/mol. The molecule has 1 aromatic carbocycles. The minimum atomic E-state index is -0.481. The van der Waals surface area contributed by atoms with Crippen molar-refractivity contribution >= 4 is 17.1 Å². The molecule has 0 amide bonds. The summed E-state index contributed by atoms with van der Waals surface area (Å²) in [5.41, 5.74) is 0.905. The number of anilines is 2. The minimum Gasteiger partial charge on any atom is -0.348 e. The van der Waals surface area contributed by atoms with Gasteiger partial charge in [0.2, 0.25) is 0 Å². The van der Waals surface area contributed by atoms with Gasteiger partial charge in [-0.15, -0.1) is 0 Å². The number of para-hydroxylation sites is 2. The van der Waals surface area contributed by atoms with Crippen LogP contribution in [0.2, 0.25) is 0 Å². The Hall–Kier alpha value is -2.94. The molecular formula is C12H8N4O2. The van der Waals surface area contributed by atoms with E-state index in [4.69, 9.17) is 5.26 Å². The van der Waals surface area contributed by atoms with Crippen LogP contribution in [0.3, 0.4) is 0 Å². The van der Waals surface area contributed by atoms with Crippen molar-refractivity contribution in [2.75, 3.05) is 5.32 Å². The molecule has 0 radical (unpaired) electrons. The smallest absolute Gasteiger partial charge is 0.292 e. The van der Waals surface area contributed by atoms with Gasteiger partial charge in [-0.3, -0.25) is 10.1 Å². The van der Waals surface area contributed by atoms with E-state index in [1.165, 1.54) is 12.3 Å². The van der Waals surface area contributed by atoms with E-state index in [9.17, 15) is 10.1 Å². The van der Waals surface area contributed by atoms with Crippen LogP contribution in [0.25, 0.3) is 0 Å². The van der Waals surface area contributed by atoms with Gasteiger partial charge in [0.15, 0.2) is 5.69 Å². The van der Waals surface area contributed by atoms with Gasteiger partial charge in [0.1, 0.15) is 11.8 Å². The van der Waals surface area contributed by atoms with Crippen molar-refractivity contribution in [1.29, 1.82) is 5.26 Å². The summed E-state index contributed by atoms with van der Waals surface area (Å²) in [6.07, 6.45) is 1.49. The van der Waals surface area contributed by atoms with Crippen LogP contribution < -0.4 is 5.32 Å². The molecule has 0 saturated heterocycles. The zero-order valence-corrected chi connectivity index (χ0v) is 9.20. The molecule has 6 nitrogen and oxygen atoms in total. The Labute approximate surface area is 103 Å². The van der Waals surface area contributed by atoms with Crippen molar-refractivity contribution < 1.29 is 4.92 Å². The lowest BCUT2D eigenvalue weighted by Gasteiger charge is -2.07. The molecule has 18 heavy (non-hydrogen) atoms. The van der Waals surface area contributed by atoms with Gasteiger partial charge in [0.25, 0.3) is 5.69 Å². The van der Waals surface area contributed by atoms with Crippen LogP contribution >= 0.6 is 0 Å². The molecule has 2 aromatic rings. The lowest BCUT2D eigenvalue weighted by Crippen LogP contribution is -1.99. The maximum Gasteiger partial charge on any atom is 0.292 e. The molecule has 0 aliphatic heterocycles. The van der Waals surface area contributed by atoms with Crippen LogP contribution in [0.1, 0.15) is 5.69 Å². The average Bonchev–Trinajstić information content (AvgIpc) is 2.40. The quantitative estimate of drug-likeness (QED) is 0.657. The molecule has 0 atom stereocenters. The molecule has 0 aliphatic carbocycles. The van der Waals surface area contributed by atoms with E-state index in [1.807, 2.05) is 6.07 Å².